The molecule has 19 heavy (non-hydrogen) atoms. The molecule has 3 rings (SSSR count). The molecule has 0 aliphatic carbocycles. The van der Waals surface area contributed by atoms with E-state index in [-0.39, 0.29) is 17.1 Å². The standard InChI is InChI=1S/C14H12ClN3O/c1-9-6-10-4-2-3-5-12(10)18(9)14(19)11-7-17-13(15)8-16-11/h2-5,7-9H,6H2,1H3. The Balaban J connectivity index is 1.98. The monoisotopic (exact) mass is 273 g/mol. The fraction of sp³-hybridized carbons (Fsp3) is 0.214. The van der Waals surface area contributed by atoms with Gasteiger partial charge in [0, 0.05) is 11.7 Å². The number of aromatic nitrogens is 2. The average Bonchev–Trinajstić information content (AvgIpc) is 2.74. The average molecular weight is 274 g/mol. The van der Waals surface area contributed by atoms with Gasteiger partial charge in [-0.2, -0.15) is 0 Å². The maximum atomic E-state index is 12.5. The van der Waals surface area contributed by atoms with Gasteiger partial charge >= 0.3 is 0 Å². The minimum absolute atomic E-state index is 0.127. The molecule has 1 amide bonds. The van der Waals surface area contributed by atoms with E-state index in [1.165, 1.54) is 18.0 Å². The molecule has 4 nitrogen and oxygen atoms in total. The van der Waals surface area contributed by atoms with E-state index < -0.39 is 0 Å². The fourth-order valence-corrected chi connectivity index (χ4v) is 2.52. The van der Waals surface area contributed by atoms with Crippen molar-refractivity contribution in [1.82, 2.24) is 9.97 Å². The number of carbonyl (C=O) groups is 1. The number of amides is 1. The highest BCUT2D eigenvalue weighted by molar-refractivity contribution is 6.29. The molecular weight excluding hydrogens is 262 g/mol. The number of hydrogen-bond acceptors (Lipinski definition) is 3. The maximum Gasteiger partial charge on any atom is 0.278 e. The Bertz CT molecular complexity index is 627. The van der Waals surface area contributed by atoms with Gasteiger partial charge in [-0.1, -0.05) is 29.8 Å². The molecule has 2 aromatic rings. The molecule has 2 heterocycles. The van der Waals surface area contributed by atoms with Crippen molar-refractivity contribution in [3.05, 3.63) is 53.1 Å². The highest BCUT2D eigenvalue weighted by Gasteiger charge is 2.31. The summed E-state index contributed by atoms with van der Waals surface area (Å²) >= 11 is 5.69. The Labute approximate surface area is 116 Å². The van der Waals surface area contributed by atoms with Crippen LogP contribution in [0.2, 0.25) is 5.15 Å². The zero-order valence-electron chi connectivity index (χ0n) is 10.4. The van der Waals surface area contributed by atoms with Crippen molar-refractivity contribution in [2.24, 2.45) is 0 Å². The summed E-state index contributed by atoms with van der Waals surface area (Å²) < 4.78 is 0. The third-order valence-electron chi connectivity index (χ3n) is 3.27. The lowest BCUT2D eigenvalue weighted by Gasteiger charge is -2.22. The summed E-state index contributed by atoms with van der Waals surface area (Å²) in [5.74, 6) is -0.137. The van der Waals surface area contributed by atoms with Gasteiger partial charge in [0.1, 0.15) is 10.8 Å². The summed E-state index contributed by atoms with van der Waals surface area (Å²) in [5.41, 5.74) is 2.45. The highest BCUT2D eigenvalue weighted by atomic mass is 35.5. The van der Waals surface area contributed by atoms with Gasteiger partial charge in [-0.15, -0.1) is 0 Å². The predicted octanol–water partition coefficient (Wildman–Crippen LogP) is 2.72. The maximum absolute atomic E-state index is 12.5. The number of rotatable bonds is 1. The topological polar surface area (TPSA) is 46.1 Å². The molecule has 0 saturated carbocycles. The van der Waals surface area contributed by atoms with Crippen molar-refractivity contribution >= 4 is 23.2 Å². The Hall–Kier alpha value is -1.94. The molecule has 96 valence electrons. The van der Waals surface area contributed by atoms with Crippen LogP contribution in [0.25, 0.3) is 0 Å². The lowest BCUT2D eigenvalue weighted by Crippen LogP contribution is -2.36. The van der Waals surface area contributed by atoms with Crippen LogP contribution < -0.4 is 4.90 Å². The van der Waals surface area contributed by atoms with E-state index in [0.29, 0.717) is 5.69 Å². The molecular formula is C14H12ClN3O. The predicted molar refractivity (Wildman–Crippen MR) is 73.5 cm³/mol. The van der Waals surface area contributed by atoms with E-state index in [4.69, 9.17) is 11.6 Å². The third kappa shape index (κ3) is 2.08. The second kappa shape index (κ2) is 4.63. The summed E-state index contributed by atoms with van der Waals surface area (Å²) in [6.45, 7) is 2.03. The molecule has 1 aromatic carbocycles. The van der Waals surface area contributed by atoms with Crippen molar-refractivity contribution in [3.8, 4) is 0 Å². The number of benzene rings is 1. The Kier molecular flexibility index (Phi) is 2.95. The molecule has 1 aliphatic rings. The number of fused-ring (bicyclic) bond motifs is 1. The normalized spacial score (nSPS) is 17.4. The van der Waals surface area contributed by atoms with Crippen LogP contribution in [0.15, 0.2) is 36.7 Å². The van der Waals surface area contributed by atoms with Gasteiger partial charge in [-0.3, -0.25) is 4.79 Å². The van der Waals surface area contributed by atoms with Gasteiger partial charge in [0.15, 0.2) is 0 Å². The van der Waals surface area contributed by atoms with Crippen LogP contribution in [0.5, 0.6) is 0 Å². The number of hydrogen-bond donors (Lipinski definition) is 0. The van der Waals surface area contributed by atoms with Gasteiger partial charge in [0.25, 0.3) is 5.91 Å². The third-order valence-corrected chi connectivity index (χ3v) is 3.46. The smallest absolute Gasteiger partial charge is 0.278 e. The summed E-state index contributed by atoms with van der Waals surface area (Å²) in [4.78, 5) is 22.2. The van der Waals surface area contributed by atoms with Crippen molar-refractivity contribution < 1.29 is 4.79 Å². The molecule has 0 N–H and O–H groups in total. The van der Waals surface area contributed by atoms with Crippen LogP contribution in [-0.4, -0.2) is 21.9 Å². The Morgan fingerprint density at radius 1 is 1.32 bits per heavy atom. The van der Waals surface area contributed by atoms with Gasteiger partial charge in [0.05, 0.1) is 12.4 Å². The minimum Gasteiger partial charge on any atom is -0.304 e. The number of carbonyl (C=O) groups excluding carboxylic acids is 1. The lowest BCUT2D eigenvalue weighted by atomic mass is 10.1. The second-order valence-electron chi connectivity index (χ2n) is 4.58. The first kappa shape index (κ1) is 12.1. The zero-order chi connectivity index (χ0) is 13.4. The molecule has 1 unspecified atom stereocenters. The molecule has 1 aliphatic heterocycles. The molecule has 0 bridgehead atoms. The SMILES string of the molecule is CC1Cc2ccccc2N1C(=O)c1cnc(Cl)cn1. The van der Waals surface area contributed by atoms with E-state index in [2.05, 4.69) is 9.97 Å². The Morgan fingerprint density at radius 3 is 2.84 bits per heavy atom. The summed E-state index contributed by atoms with van der Waals surface area (Å²) in [6.07, 6.45) is 3.67. The number of nitrogens with zero attached hydrogens (tertiary/aromatic N) is 3. The fourth-order valence-electron chi connectivity index (χ4n) is 2.42. The first-order chi connectivity index (χ1) is 9.16. The van der Waals surface area contributed by atoms with Gasteiger partial charge in [-0.05, 0) is 25.0 Å². The summed E-state index contributed by atoms with van der Waals surface area (Å²) in [7, 11) is 0. The van der Waals surface area contributed by atoms with Crippen LogP contribution in [0, 0.1) is 0 Å². The summed E-state index contributed by atoms with van der Waals surface area (Å²) in [6, 6.07) is 8.06. The van der Waals surface area contributed by atoms with Crippen molar-refractivity contribution in [2.45, 2.75) is 19.4 Å². The van der Waals surface area contributed by atoms with E-state index in [9.17, 15) is 4.79 Å². The lowest BCUT2D eigenvalue weighted by molar-refractivity contribution is 0.0976. The van der Waals surface area contributed by atoms with Crippen molar-refractivity contribution in [3.63, 3.8) is 0 Å². The molecule has 0 fully saturated rings. The summed E-state index contributed by atoms with van der Waals surface area (Å²) in [5, 5.41) is 0.284. The minimum atomic E-state index is -0.137. The molecule has 5 heteroatoms. The van der Waals surface area contributed by atoms with Crippen LogP contribution in [0.1, 0.15) is 23.0 Å². The van der Waals surface area contributed by atoms with Crippen LogP contribution in [0.3, 0.4) is 0 Å². The van der Waals surface area contributed by atoms with Gasteiger partial charge < -0.3 is 4.90 Å². The number of halogens is 1. The first-order valence-electron chi connectivity index (χ1n) is 6.06. The largest absolute Gasteiger partial charge is 0.304 e. The number of para-hydroxylation sites is 1. The molecule has 0 saturated heterocycles. The van der Waals surface area contributed by atoms with Gasteiger partial charge in [-0.25, -0.2) is 9.97 Å². The second-order valence-corrected chi connectivity index (χ2v) is 4.97. The quantitative estimate of drug-likeness (QED) is 0.803. The van der Waals surface area contributed by atoms with E-state index >= 15 is 0 Å². The highest BCUT2D eigenvalue weighted by Crippen LogP contribution is 2.32. The van der Waals surface area contributed by atoms with Crippen molar-refractivity contribution in [2.75, 3.05) is 4.90 Å². The van der Waals surface area contributed by atoms with Crippen LogP contribution in [-0.2, 0) is 6.42 Å². The number of anilines is 1. The molecule has 1 atom stereocenters. The van der Waals surface area contributed by atoms with Gasteiger partial charge in [0.2, 0.25) is 0 Å². The van der Waals surface area contributed by atoms with Crippen molar-refractivity contribution in [1.29, 1.82) is 0 Å². The molecule has 0 radical (unpaired) electrons. The molecule has 1 aromatic heterocycles. The Morgan fingerprint density at radius 2 is 2.11 bits per heavy atom. The first-order valence-corrected chi connectivity index (χ1v) is 6.43. The molecule has 0 spiro atoms. The van der Waals surface area contributed by atoms with E-state index in [1.807, 2.05) is 31.2 Å². The van der Waals surface area contributed by atoms with E-state index in [1.54, 1.807) is 4.90 Å². The van der Waals surface area contributed by atoms with Crippen LogP contribution >= 0.6 is 11.6 Å². The zero-order valence-corrected chi connectivity index (χ0v) is 11.1. The van der Waals surface area contributed by atoms with E-state index in [0.717, 1.165) is 12.1 Å². The van der Waals surface area contributed by atoms with Crippen LogP contribution in [0.4, 0.5) is 5.69 Å².